The Kier molecular flexibility index (Phi) is 1.52. The Balaban J connectivity index is 2.32. The molecule has 1 aliphatic rings. The maximum absolute atomic E-state index is 7.21. The van der Waals surface area contributed by atoms with Crippen LogP contribution < -0.4 is 0 Å². The zero-order chi connectivity index (χ0) is 6.15. The monoisotopic (exact) mass is 130 g/mol. The maximum Gasteiger partial charge on any atom is 0.0956 e. The van der Waals surface area contributed by atoms with Crippen LogP contribution in [0.3, 0.4) is 0 Å². The summed E-state index contributed by atoms with van der Waals surface area (Å²) in [6.45, 7) is 1.85. The van der Waals surface area contributed by atoms with Gasteiger partial charge in [-0.1, -0.05) is 0 Å². The predicted octanol–water partition coefficient (Wildman–Crippen LogP) is 1.33. The first kappa shape index (κ1) is 6.03. The van der Waals surface area contributed by atoms with Gasteiger partial charge in [-0.05, 0) is 27.3 Å². The Bertz CT molecular complexity index is 109. The Morgan fingerprint density at radius 2 is 2.12 bits per heavy atom. The zero-order valence-electron chi connectivity index (χ0n) is 5.31. The summed E-state index contributed by atoms with van der Waals surface area (Å²) >= 11 is 0. The molecule has 8 heavy (non-hydrogen) atoms. The molecule has 1 heterocycles. The van der Waals surface area contributed by atoms with Gasteiger partial charge in [-0.15, -0.1) is 0 Å². The molecule has 0 bridgehead atoms. The van der Waals surface area contributed by atoms with Crippen LogP contribution in [0.15, 0.2) is 0 Å². The largest absolute Gasteiger partial charge is 0.343 e. The van der Waals surface area contributed by atoms with E-state index in [2.05, 4.69) is 4.67 Å². The van der Waals surface area contributed by atoms with E-state index in [9.17, 15) is 0 Å². The predicted molar refractivity (Wildman–Crippen MR) is 37.8 cm³/mol. The molecule has 0 aliphatic carbocycles. The van der Waals surface area contributed by atoms with Crippen molar-refractivity contribution in [3.05, 3.63) is 0 Å². The van der Waals surface area contributed by atoms with Crippen LogP contribution in [0.5, 0.6) is 0 Å². The van der Waals surface area contributed by atoms with E-state index < -0.39 is 0 Å². The Hall–Kier alpha value is -0.100. The molecule has 0 aromatic heterocycles. The van der Waals surface area contributed by atoms with Crippen molar-refractivity contribution in [2.24, 2.45) is 0 Å². The highest BCUT2D eigenvalue weighted by Gasteiger charge is 2.25. The summed E-state index contributed by atoms with van der Waals surface area (Å²) in [6.07, 6.45) is 2.70. The SMILES string of the molecule is CC(=N)N(C)P1CC1. The molecule has 1 N–H and O–H groups in total. The van der Waals surface area contributed by atoms with Crippen molar-refractivity contribution >= 4 is 13.9 Å². The molecule has 0 radical (unpaired) electrons. The van der Waals surface area contributed by atoms with E-state index in [1.165, 1.54) is 12.3 Å². The first-order valence-corrected chi connectivity index (χ1v) is 4.42. The number of nitrogens with zero attached hydrogens (tertiary/aromatic N) is 1. The standard InChI is InChI=1S/C5H11N2P/c1-5(6)7(2)8-3-4-8/h6H,3-4H2,1-2H3. The van der Waals surface area contributed by atoms with Gasteiger partial charge in [-0.2, -0.15) is 0 Å². The molecule has 0 amide bonds. The third-order valence-electron chi connectivity index (χ3n) is 1.33. The molecule has 1 rings (SSSR count). The molecular formula is C5H11N2P. The van der Waals surface area contributed by atoms with E-state index in [1.807, 2.05) is 14.0 Å². The lowest BCUT2D eigenvalue weighted by molar-refractivity contribution is 0.814. The molecule has 0 atom stereocenters. The average Bonchev–Trinajstić information content (AvgIpc) is 2.43. The molecule has 0 spiro atoms. The summed E-state index contributed by atoms with van der Waals surface area (Å²) in [5.74, 6) is 0.716. The zero-order valence-corrected chi connectivity index (χ0v) is 6.20. The molecule has 1 fully saturated rings. The van der Waals surface area contributed by atoms with Crippen LogP contribution in [0.25, 0.3) is 0 Å². The molecule has 0 aromatic carbocycles. The smallest absolute Gasteiger partial charge is 0.0956 e. The summed E-state index contributed by atoms with van der Waals surface area (Å²) in [5, 5.41) is 7.21. The van der Waals surface area contributed by atoms with E-state index in [1.54, 1.807) is 0 Å². The lowest BCUT2D eigenvalue weighted by Gasteiger charge is -2.14. The maximum atomic E-state index is 7.21. The van der Waals surface area contributed by atoms with Gasteiger partial charge in [0.15, 0.2) is 0 Å². The van der Waals surface area contributed by atoms with Crippen molar-refractivity contribution in [2.45, 2.75) is 6.92 Å². The fourth-order valence-electron chi connectivity index (χ4n) is 0.557. The Labute approximate surface area is 51.2 Å². The highest BCUT2D eigenvalue weighted by atomic mass is 31.1. The summed E-state index contributed by atoms with van der Waals surface area (Å²) < 4.78 is 2.09. The minimum Gasteiger partial charge on any atom is -0.343 e. The van der Waals surface area contributed by atoms with Crippen molar-refractivity contribution in [1.82, 2.24) is 4.67 Å². The quantitative estimate of drug-likeness (QED) is 0.323. The normalized spacial score (nSPS) is 18.2. The number of amidine groups is 1. The van der Waals surface area contributed by atoms with E-state index >= 15 is 0 Å². The first-order valence-electron chi connectivity index (χ1n) is 2.75. The van der Waals surface area contributed by atoms with Gasteiger partial charge in [0.05, 0.1) is 5.84 Å². The van der Waals surface area contributed by atoms with Gasteiger partial charge >= 0.3 is 0 Å². The van der Waals surface area contributed by atoms with Gasteiger partial charge in [-0.25, -0.2) is 0 Å². The molecule has 0 unspecified atom stereocenters. The highest BCUT2D eigenvalue weighted by molar-refractivity contribution is 7.63. The molecule has 3 heteroatoms. The lowest BCUT2D eigenvalue weighted by Crippen LogP contribution is -2.12. The van der Waals surface area contributed by atoms with Crippen LogP contribution >= 0.6 is 8.07 Å². The van der Waals surface area contributed by atoms with Crippen LogP contribution in [0.4, 0.5) is 0 Å². The summed E-state index contributed by atoms with van der Waals surface area (Å²) in [7, 11) is 2.17. The molecule has 2 nitrogen and oxygen atoms in total. The van der Waals surface area contributed by atoms with Crippen LogP contribution in [0.1, 0.15) is 6.92 Å². The van der Waals surface area contributed by atoms with E-state index in [-0.39, 0.29) is 8.07 Å². The average molecular weight is 130 g/mol. The van der Waals surface area contributed by atoms with Crippen molar-refractivity contribution in [3.63, 3.8) is 0 Å². The lowest BCUT2D eigenvalue weighted by atomic mass is 10.7. The molecule has 1 aliphatic heterocycles. The molecule has 46 valence electrons. The molecule has 0 saturated carbocycles. The first-order chi connectivity index (χ1) is 3.72. The van der Waals surface area contributed by atoms with Gasteiger partial charge in [-0.3, -0.25) is 5.41 Å². The number of hydrogen-bond acceptors (Lipinski definition) is 1. The molecule has 1 saturated heterocycles. The molecule has 0 aromatic rings. The minimum atomic E-state index is 0.158. The fraction of sp³-hybridized carbons (Fsp3) is 0.800. The van der Waals surface area contributed by atoms with E-state index in [4.69, 9.17) is 5.41 Å². The topological polar surface area (TPSA) is 27.1 Å². The van der Waals surface area contributed by atoms with Crippen molar-refractivity contribution in [2.75, 3.05) is 19.4 Å². The van der Waals surface area contributed by atoms with Gasteiger partial charge in [0.1, 0.15) is 0 Å². The summed E-state index contributed by atoms with van der Waals surface area (Å²) in [6, 6.07) is 0. The van der Waals surface area contributed by atoms with Crippen molar-refractivity contribution in [3.8, 4) is 0 Å². The van der Waals surface area contributed by atoms with E-state index in [0.717, 1.165) is 0 Å². The minimum absolute atomic E-state index is 0.158. The summed E-state index contributed by atoms with van der Waals surface area (Å²) in [5.41, 5.74) is 0. The van der Waals surface area contributed by atoms with Gasteiger partial charge < -0.3 is 4.67 Å². The Morgan fingerprint density at radius 1 is 1.62 bits per heavy atom. The molecular weight excluding hydrogens is 119 g/mol. The van der Waals surface area contributed by atoms with E-state index in [0.29, 0.717) is 5.84 Å². The van der Waals surface area contributed by atoms with Gasteiger partial charge in [0.2, 0.25) is 0 Å². The van der Waals surface area contributed by atoms with Crippen molar-refractivity contribution < 1.29 is 0 Å². The van der Waals surface area contributed by atoms with Gasteiger partial charge in [0.25, 0.3) is 0 Å². The van der Waals surface area contributed by atoms with Crippen molar-refractivity contribution in [1.29, 1.82) is 5.41 Å². The number of hydrogen-bond donors (Lipinski definition) is 1. The highest BCUT2D eigenvalue weighted by Crippen LogP contribution is 2.52. The van der Waals surface area contributed by atoms with Crippen LogP contribution in [0, 0.1) is 5.41 Å². The second-order valence-corrected chi connectivity index (χ2v) is 4.57. The second-order valence-electron chi connectivity index (χ2n) is 2.06. The Morgan fingerprint density at radius 3 is 2.25 bits per heavy atom. The third kappa shape index (κ3) is 1.19. The third-order valence-corrected chi connectivity index (χ3v) is 3.33. The number of rotatable bonds is 1. The summed E-state index contributed by atoms with van der Waals surface area (Å²) in [4.78, 5) is 0. The number of nitrogens with one attached hydrogen (secondary N) is 1. The van der Waals surface area contributed by atoms with Crippen LogP contribution in [-0.2, 0) is 0 Å². The van der Waals surface area contributed by atoms with Gasteiger partial charge in [0, 0.05) is 7.05 Å². The van der Waals surface area contributed by atoms with Crippen LogP contribution in [-0.4, -0.2) is 29.9 Å². The fourth-order valence-corrected chi connectivity index (χ4v) is 1.94. The second kappa shape index (κ2) is 2.02. The van der Waals surface area contributed by atoms with Crippen LogP contribution in [0.2, 0.25) is 0 Å².